The standard InChI is InChI=1S/C21H22N2O4/c1-22-12-20(23-11-17(14-25-2)27-21(23)24)18-9-8-16(10-19(18)22)26-13-15-6-4-3-5-7-15/h3-10,12,17H,11,13-14H2,1-2H3/t17-/m1/s1. The van der Waals surface area contributed by atoms with Crippen LogP contribution in [0.15, 0.2) is 54.7 Å². The van der Waals surface area contributed by atoms with Crippen LogP contribution >= 0.6 is 0 Å². The monoisotopic (exact) mass is 366 g/mol. The Morgan fingerprint density at radius 2 is 2.00 bits per heavy atom. The lowest BCUT2D eigenvalue weighted by Crippen LogP contribution is -2.25. The number of methoxy groups -OCH3 is 1. The molecule has 3 aromatic rings. The molecule has 27 heavy (non-hydrogen) atoms. The molecule has 0 bridgehead atoms. The number of amides is 1. The largest absolute Gasteiger partial charge is 0.489 e. The number of carbonyl (C=O) groups excluding carboxylic acids is 1. The van der Waals surface area contributed by atoms with Crippen LogP contribution in [-0.4, -0.2) is 37.0 Å². The molecule has 1 aliphatic heterocycles. The summed E-state index contributed by atoms with van der Waals surface area (Å²) < 4.78 is 18.4. The highest BCUT2D eigenvalue weighted by Gasteiger charge is 2.33. The predicted molar refractivity (Wildman–Crippen MR) is 103 cm³/mol. The molecule has 0 aliphatic carbocycles. The maximum absolute atomic E-state index is 12.3. The van der Waals surface area contributed by atoms with E-state index in [0.29, 0.717) is 19.8 Å². The Morgan fingerprint density at radius 1 is 1.19 bits per heavy atom. The molecule has 6 nitrogen and oxygen atoms in total. The Balaban J connectivity index is 1.57. The van der Waals surface area contributed by atoms with E-state index in [1.54, 1.807) is 12.0 Å². The van der Waals surface area contributed by atoms with Gasteiger partial charge in [0.25, 0.3) is 0 Å². The van der Waals surface area contributed by atoms with Crippen molar-refractivity contribution >= 4 is 22.7 Å². The number of ether oxygens (including phenoxy) is 3. The number of hydrogen-bond acceptors (Lipinski definition) is 4. The van der Waals surface area contributed by atoms with Gasteiger partial charge in [0.2, 0.25) is 0 Å². The maximum atomic E-state index is 12.3. The molecule has 1 fully saturated rings. The fourth-order valence-corrected chi connectivity index (χ4v) is 3.38. The molecule has 0 saturated carbocycles. The van der Waals surface area contributed by atoms with Crippen LogP contribution in [0.2, 0.25) is 0 Å². The maximum Gasteiger partial charge on any atom is 0.414 e. The molecule has 1 aromatic heterocycles. The van der Waals surface area contributed by atoms with E-state index < -0.39 is 0 Å². The number of cyclic esters (lactones) is 1. The van der Waals surface area contributed by atoms with Gasteiger partial charge in [0.15, 0.2) is 0 Å². The summed E-state index contributed by atoms with van der Waals surface area (Å²) in [4.78, 5) is 13.9. The Morgan fingerprint density at radius 3 is 2.78 bits per heavy atom. The number of aryl methyl sites for hydroxylation is 1. The van der Waals surface area contributed by atoms with Crippen molar-refractivity contribution in [2.45, 2.75) is 12.7 Å². The van der Waals surface area contributed by atoms with Crippen molar-refractivity contribution in [1.29, 1.82) is 0 Å². The van der Waals surface area contributed by atoms with Crippen LogP contribution in [0.3, 0.4) is 0 Å². The third-order valence-corrected chi connectivity index (χ3v) is 4.71. The van der Waals surface area contributed by atoms with Crippen molar-refractivity contribution in [3.8, 4) is 5.75 Å². The minimum Gasteiger partial charge on any atom is -0.489 e. The number of hydrogen-bond donors (Lipinski definition) is 0. The van der Waals surface area contributed by atoms with Crippen molar-refractivity contribution in [1.82, 2.24) is 4.57 Å². The summed E-state index contributed by atoms with van der Waals surface area (Å²) in [7, 11) is 3.56. The first-order chi connectivity index (χ1) is 13.2. The van der Waals surface area contributed by atoms with Crippen LogP contribution < -0.4 is 9.64 Å². The molecule has 1 atom stereocenters. The van der Waals surface area contributed by atoms with E-state index in [0.717, 1.165) is 27.9 Å². The quantitative estimate of drug-likeness (QED) is 0.667. The van der Waals surface area contributed by atoms with Gasteiger partial charge in [-0.2, -0.15) is 0 Å². The molecule has 6 heteroatoms. The Kier molecular flexibility index (Phi) is 4.73. The van der Waals surface area contributed by atoms with Crippen molar-refractivity contribution in [2.24, 2.45) is 7.05 Å². The Labute approximate surface area is 157 Å². The van der Waals surface area contributed by atoms with Crippen molar-refractivity contribution in [2.75, 3.05) is 25.2 Å². The first kappa shape index (κ1) is 17.4. The van der Waals surface area contributed by atoms with E-state index in [1.807, 2.05) is 66.3 Å². The number of carbonyl (C=O) groups is 1. The molecule has 140 valence electrons. The van der Waals surface area contributed by atoms with Gasteiger partial charge in [-0.05, 0) is 17.7 Å². The summed E-state index contributed by atoms with van der Waals surface area (Å²) in [6.07, 6.45) is 1.36. The van der Waals surface area contributed by atoms with E-state index in [-0.39, 0.29) is 12.2 Å². The molecule has 0 radical (unpaired) electrons. The fourth-order valence-electron chi connectivity index (χ4n) is 3.38. The molecule has 1 amide bonds. The molecule has 4 rings (SSSR count). The SMILES string of the molecule is COC[C@H]1CN(c2cn(C)c3cc(OCc4ccccc4)ccc23)C(=O)O1. The zero-order chi connectivity index (χ0) is 18.8. The van der Waals surface area contributed by atoms with Gasteiger partial charge >= 0.3 is 6.09 Å². The summed E-state index contributed by atoms with van der Waals surface area (Å²) in [5.41, 5.74) is 2.96. The van der Waals surface area contributed by atoms with Crippen LogP contribution in [0.4, 0.5) is 10.5 Å². The summed E-state index contributed by atoms with van der Waals surface area (Å²) >= 11 is 0. The van der Waals surface area contributed by atoms with Gasteiger partial charge in [0.05, 0.1) is 24.4 Å². The number of aromatic nitrogens is 1. The van der Waals surface area contributed by atoms with Gasteiger partial charge < -0.3 is 18.8 Å². The molecule has 0 spiro atoms. The van der Waals surface area contributed by atoms with Gasteiger partial charge in [-0.1, -0.05) is 30.3 Å². The van der Waals surface area contributed by atoms with E-state index in [1.165, 1.54) is 0 Å². The van der Waals surface area contributed by atoms with Crippen molar-refractivity contribution in [3.63, 3.8) is 0 Å². The van der Waals surface area contributed by atoms with Crippen molar-refractivity contribution in [3.05, 3.63) is 60.3 Å². The number of nitrogens with zero attached hydrogens (tertiary/aromatic N) is 2. The van der Waals surface area contributed by atoms with E-state index in [9.17, 15) is 4.79 Å². The molecule has 2 aromatic carbocycles. The summed E-state index contributed by atoms with van der Waals surface area (Å²) in [5.74, 6) is 0.792. The van der Waals surface area contributed by atoms with Crippen LogP contribution in [0.1, 0.15) is 5.56 Å². The Bertz CT molecular complexity index is 951. The minimum absolute atomic E-state index is 0.244. The first-order valence-corrected chi connectivity index (χ1v) is 8.88. The Hall–Kier alpha value is -2.99. The molecule has 0 N–H and O–H groups in total. The second-order valence-corrected chi connectivity index (χ2v) is 6.65. The molecule has 0 unspecified atom stereocenters. The van der Waals surface area contributed by atoms with E-state index in [4.69, 9.17) is 14.2 Å². The van der Waals surface area contributed by atoms with Gasteiger partial charge in [-0.25, -0.2) is 4.79 Å². The highest BCUT2D eigenvalue weighted by atomic mass is 16.6. The predicted octanol–water partition coefficient (Wildman–Crippen LogP) is 3.73. The van der Waals surface area contributed by atoms with Crippen LogP contribution in [0.5, 0.6) is 5.75 Å². The average molecular weight is 366 g/mol. The first-order valence-electron chi connectivity index (χ1n) is 8.88. The normalized spacial score (nSPS) is 16.7. The molecular formula is C21H22N2O4. The second-order valence-electron chi connectivity index (χ2n) is 6.65. The number of rotatable bonds is 6. The third kappa shape index (κ3) is 3.48. The van der Waals surface area contributed by atoms with E-state index >= 15 is 0 Å². The zero-order valence-corrected chi connectivity index (χ0v) is 15.4. The van der Waals surface area contributed by atoms with Crippen LogP contribution in [-0.2, 0) is 23.1 Å². The molecule has 2 heterocycles. The van der Waals surface area contributed by atoms with Gasteiger partial charge in [0.1, 0.15) is 18.5 Å². The average Bonchev–Trinajstić information content (AvgIpc) is 3.20. The highest BCUT2D eigenvalue weighted by molar-refractivity contribution is 6.02. The van der Waals surface area contributed by atoms with Crippen LogP contribution in [0, 0.1) is 0 Å². The minimum atomic E-state index is -0.339. The topological polar surface area (TPSA) is 52.9 Å². The van der Waals surface area contributed by atoms with E-state index in [2.05, 4.69) is 0 Å². The fraction of sp³-hybridized carbons (Fsp3) is 0.286. The summed E-state index contributed by atoms with van der Waals surface area (Å²) in [6, 6.07) is 16.0. The third-order valence-electron chi connectivity index (χ3n) is 4.71. The molecular weight excluding hydrogens is 344 g/mol. The number of anilines is 1. The zero-order valence-electron chi connectivity index (χ0n) is 15.4. The highest BCUT2D eigenvalue weighted by Crippen LogP contribution is 2.33. The number of fused-ring (bicyclic) bond motifs is 1. The van der Waals surface area contributed by atoms with Gasteiger partial charge in [0, 0.05) is 31.8 Å². The molecule has 1 aliphatic rings. The van der Waals surface area contributed by atoms with Crippen LogP contribution in [0.25, 0.3) is 10.9 Å². The lowest BCUT2D eigenvalue weighted by atomic mass is 10.2. The van der Waals surface area contributed by atoms with Gasteiger partial charge in [-0.15, -0.1) is 0 Å². The number of benzene rings is 2. The molecule has 1 saturated heterocycles. The lowest BCUT2D eigenvalue weighted by Gasteiger charge is -2.12. The summed E-state index contributed by atoms with van der Waals surface area (Å²) in [5, 5.41) is 0.986. The van der Waals surface area contributed by atoms with Gasteiger partial charge in [-0.3, -0.25) is 4.90 Å². The smallest absolute Gasteiger partial charge is 0.414 e. The lowest BCUT2D eigenvalue weighted by molar-refractivity contribution is 0.0718. The van der Waals surface area contributed by atoms with Crippen molar-refractivity contribution < 1.29 is 19.0 Å². The summed E-state index contributed by atoms with van der Waals surface area (Å²) in [6.45, 7) is 1.39. The second kappa shape index (κ2) is 7.32.